The lowest BCUT2D eigenvalue weighted by molar-refractivity contribution is 1.37. The zero-order valence-corrected chi connectivity index (χ0v) is 30.1. The largest absolute Gasteiger partial charge is 0.256 e. The van der Waals surface area contributed by atoms with Gasteiger partial charge in [-0.2, -0.15) is 0 Å². The number of hydrogen-bond acceptors (Lipinski definition) is 4. The molecule has 0 N–H and O–H groups in total. The molecular weight excluding hydrogens is 681 g/mol. The van der Waals surface area contributed by atoms with Crippen LogP contribution < -0.4 is 0 Å². The van der Waals surface area contributed by atoms with Crippen molar-refractivity contribution in [2.24, 2.45) is 0 Å². The predicted octanol–water partition coefficient (Wildman–Crippen LogP) is 13.4. The molecule has 0 unspecified atom stereocenters. The number of para-hydroxylation sites is 2. The number of rotatable bonds is 4. The standard InChI is InChI=1S/C52H30N4/c1-3-10-45-36(6-1)27-39(29-53-45)35-8-5-9-38(26-35)47-24-18-33-12-13-34-19-25-48(56-52(34)51(33)55-47)42-21-15-32-16-22-43-41(20-14-31-17-23-44(42)50(32)49(31)43)40-28-37-7-2-4-11-46(37)54-30-40/h1-30H. The maximum atomic E-state index is 5.40. The Hall–Kier alpha value is -7.56. The van der Waals surface area contributed by atoms with Gasteiger partial charge in [-0.15, -0.1) is 0 Å². The van der Waals surface area contributed by atoms with E-state index in [1.165, 1.54) is 37.9 Å². The van der Waals surface area contributed by atoms with Crippen molar-refractivity contribution >= 4 is 75.9 Å². The van der Waals surface area contributed by atoms with Crippen molar-refractivity contribution in [3.05, 3.63) is 182 Å². The highest BCUT2D eigenvalue weighted by atomic mass is 14.8. The van der Waals surface area contributed by atoms with Gasteiger partial charge in [0, 0.05) is 56.2 Å². The van der Waals surface area contributed by atoms with Crippen LogP contribution in [-0.2, 0) is 0 Å². The molecule has 0 bridgehead atoms. The second-order valence-corrected chi connectivity index (χ2v) is 14.7. The van der Waals surface area contributed by atoms with Crippen LogP contribution >= 0.6 is 0 Å². The second kappa shape index (κ2) is 12.0. The van der Waals surface area contributed by atoms with Crippen LogP contribution in [0.15, 0.2) is 182 Å². The minimum Gasteiger partial charge on any atom is -0.256 e. The van der Waals surface area contributed by atoms with Gasteiger partial charge >= 0.3 is 0 Å². The third-order valence-corrected chi connectivity index (χ3v) is 11.4. The molecule has 4 nitrogen and oxygen atoms in total. The SMILES string of the molecule is c1cc(-c2cnc3ccccc3c2)cc(-c2ccc3ccc4ccc(-c5ccc6ccc7c(-c8cnc9ccccc9c8)ccc8ccc5c6c87)nc4c3n2)c1. The highest BCUT2D eigenvalue weighted by Crippen LogP contribution is 2.43. The quantitative estimate of drug-likeness (QED) is 0.171. The minimum atomic E-state index is 0.894. The zero-order valence-electron chi connectivity index (χ0n) is 30.1. The molecular formula is C52H30N4. The summed E-state index contributed by atoms with van der Waals surface area (Å²) in [5, 5.41) is 11.8. The summed E-state index contributed by atoms with van der Waals surface area (Å²) < 4.78 is 0. The van der Waals surface area contributed by atoms with Crippen molar-refractivity contribution in [2.45, 2.75) is 0 Å². The first-order valence-electron chi connectivity index (χ1n) is 18.9. The van der Waals surface area contributed by atoms with Gasteiger partial charge in [-0.3, -0.25) is 9.97 Å². The number of benzene rings is 8. The average Bonchev–Trinajstić information content (AvgIpc) is 3.27. The average molecular weight is 711 g/mol. The molecule has 258 valence electrons. The fraction of sp³-hybridized carbons (Fsp3) is 0. The highest BCUT2D eigenvalue weighted by molar-refractivity contribution is 6.27. The van der Waals surface area contributed by atoms with E-state index in [-0.39, 0.29) is 0 Å². The Bertz CT molecular complexity index is 3550. The highest BCUT2D eigenvalue weighted by Gasteiger charge is 2.17. The number of fused-ring (bicyclic) bond motifs is 5. The summed E-state index contributed by atoms with van der Waals surface area (Å²) in [6, 6.07) is 60.4. The van der Waals surface area contributed by atoms with E-state index >= 15 is 0 Å². The van der Waals surface area contributed by atoms with E-state index in [4.69, 9.17) is 19.9 Å². The van der Waals surface area contributed by atoms with Gasteiger partial charge in [0.1, 0.15) is 0 Å². The van der Waals surface area contributed by atoms with E-state index in [1.807, 2.05) is 30.6 Å². The maximum Gasteiger partial charge on any atom is 0.0972 e. The van der Waals surface area contributed by atoms with Crippen LogP contribution in [0.4, 0.5) is 0 Å². The first-order chi connectivity index (χ1) is 27.7. The second-order valence-electron chi connectivity index (χ2n) is 14.7. The van der Waals surface area contributed by atoms with Crippen LogP contribution in [0, 0.1) is 0 Å². The van der Waals surface area contributed by atoms with E-state index in [0.29, 0.717) is 0 Å². The Morgan fingerprint density at radius 2 is 0.821 bits per heavy atom. The molecule has 0 aliphatic rings. The summed E-state index contributed by atoms with van der Waals surface area (Å²) in [5.41, 5.74) is 12.3. The van der Waals surface area contributed by atoms with Gasteiger partial charge < -0.3 is 0 Å². The Labute approximate surface area is 321 Å². The van der Waals surface area contributed by atoms with E-state index in [2.05, 4.69) is 152 Å². The molecule has 0 atom stereocenters. The van der Waals surface area contributed by atoms with Gasteiger partial charge in [0.2, 0.25) is 0 Å². The zero-order chi connectivity index (χ0) is 36.7. The van der Waals surface area contributed by atoms with Crippen molar-refractivity contribution in [3.63, 3.8) is 0 Å². The third kappa shape index (κ3) is 4.79. The Morgan fingerprint density at radius 1 is 0.304 bits per heavy atom. The summed E-state index contributed by atoms with van der Waals surface area (Å²) in [5.74, 6) is 0. The van der Waals surface area contributed by atoms with Crippen molar-refractivity contribution in [3.8, 4) is 44.8 Å². The van der Waals surface area contributed by atoms with E-state index in [1.54, 1.807) is 0 Å². The smallest absolute Gasteiger partial charge is 0.0972 e. The van der Waals surface area contributed by atoms with Gasteiger partial charge in [0.15, 0.2) is 0 Å². The predicted molar refractivity (Wildman–Crippen MR) is 233 cm³/mol. The summed E-state index contributed by atoms with van der Waals surface area (Å²) in [6.45, 7) is 0. The lowest BCUT2D eigenvalue weighted by atomic mass is 9.88. The summed E-state index contributed by atoms with van der Waals surface area (Å²) in [4.78, 5) is 20.2. The van der Waals surface area contributed by atoms with Crippen LogP contribution in [0.25, 0.3) is 121 Å². The molecule has 8 aromatic carbocycles. The maximum absolute atomic E-state index is 5.40. The van der Waals surface area contributed by atoms with Crippen molar-refractivity contribution in [2.75, 3.05) is 0 Å². The van der Waals surface area contributed by atoms with Crippen LogP contribution in [0.1, 0.15) is 0 Å². The first-order valence-corrected chi connectivity index (χ1v) is 18.9. The molecule has 0 radical (unpaired) electrons. The first kappa shape index (κ1) is 30.9. The van der Waals surface area contributed by atoms with E-state index in [0.717, 1.165) is 82.8 Å². The summed E-state index contributed by atoms with van der Waals surface area (Å²) >= 11 is 0. The molecule has 12 aromatic rings. The number of pyridine rings is 4. The molecule has 12 rings (SSSR count). The van der Waals surface area contributed by atoms with Gasteiger partial charge in [0.25, 0.3) is 0 Å². The molecule has 56 heavy (non-hydrogen) atoms. The lowest BCUT2D eigenvalue weighted by Gasteiger charge is -2.16. The fourth-order valence-electron chi connectivity index (χ4n) is 8.66. The third-order valence-electron chi connectivity index (χ3n) is 11.4. The van der Waals surface area contributed by atoms with Gasteiger partial charge in [0.05, 0.1) is 33.5 Å². The van der Waals surface area contributed by atoms with Crippen molar-refractivity contribution in [1.29, 1.82) is 0 Å². The number of aromatic nitrogens is 4. The fourth-order valence-corrected chi connectivity index (χ4v) is 8.66. The summed E-state index contributed by atoms with van der Waals surface area (Å²) in [7, 11) is 0. The van der Waals surface area contributed by atoms with Gasteiger partial charge in [-0.25, -0.2) is 9.97 Å². The van der Waals surface area contributed by atoms with Gasteiger partial charge in [-0.1, -0.05) is 127 Å². The Morgan fingerprint density at radius 3 is 1.54 bits per heavy atom. The molecule has 0 spiro atoms. The Balaban J connectivity index is 0.995. The molecule has 0 saturated heterocycles. The normalized spacial score (nSPS) is 11.9. The van der Waals surface area contributed by atoms with Crippen LogP contribution in [0.5, 0.6) is 0 Å². The number of hydrogen-bond donors (Lipinski definition) is 0. The van der Waals surface area contributed by atoms with E-state index in [9.17, 15) is 0 Å². The Kier molecular flexibility index (Phi) is 6.60. The molecule has 0 aliphatic carbocycles. The van der Waals surface area contributed by atoms with Crippen molar-refractivity contribution < 1.29 is 0 Å². The van der Waals surface area contributed by atoms with Gasteiger partial charge in [-0.05, 0) is 85.9 Å². The minimum absolute atomic E-state index is 0.894. The topological polar surface area (TPSA) is 51.6 Å². The van der Waals surface area contributed by atoms with Crippen LogP contribution in [0.3, 0.4) is 0 Å². The molecule has 0 aliphatic heterocycles. The van der Waals surface area contributed by atoms with Crippen LogP contribution in [0.2, 0.25) is 0 Å². The van der Waals surface area contributed by atoms with Crippen LogP contribution in [-0.4, -0.2) is 19.9 Å². The molecule has 4 aromatic heterocycles. The number of nitrogens with zero attached hydrogens (tertiary/aromatic N) is 4. The molecule has 0 amide bonds. The molecule has 0 saturated carbocycles. The van der Waals surface area contributed by atoms with Crippen molar-refractivity contribution in [1.82, 2.24) is 19.9 Å². The lowest BCUT2D eigenvalue weighted by Crippen LogP contribution is -1.93. The monoisotopic (exact) mass is 710 g/mol. The molecule has 4 heterocycles. The summed E-state index contributed by atoms with van der Waals surface area (Å²) in [6.07, 6.45) is 3.95. The molecule has 4 heteroatoms. The van der Waals surface area contributed by atoms with E-state index < -0.39 is 0 Å². The molecule has 0 fully saturated rings.